The van der Waals surface area contributed by atoms with Crippen molar-refractivity contribution in [2.75, 3.05) is 11.2 Å². The molecule has 9 rings (SSSR count). The molecule has 0 saturated heterocycles. The monoisotopic (exact) mass is 741 g/mol. The highest BCUT2D eigenvalue weighted by atomic mass is 32.2. The van der Waals surface area contributed by atoms with E-state index >= 15 is 0 Å². The summed E-state index contributed by atoms with van der Waals surface area (Å²) in [6.07, 6.45) is 9.46. The molecule has 2 unspecified atom stereocenters. The number of thioether (sulfide) groups is 1. The fourth-order valence-corrected chi connectivity index (χ4v) is 10.3. The highest BCUT2D eigenvalue weighted by Crippen LogP contribution is 2.53. The summed E-state index contributed by atoms with van der Waals surface area (Å²) < 4.78 is 0. The summed E-state index contributed by atoms with van der Waals surface area (Å²) in [4.78, 5) is 43.6. The maximum absolute atomic E-state index is 13.3. The van der Waals surface area contributed by atoms with E-state index in [0.717, 1.165) is 38.6 Å². The highest BCUT2D eigenvalue weighted by molar-refractivity contribution is 7.98. The predicted octanol–water partition coefficient (Wildman–Crippen LogP) is 11.7. The topological polar surface area (TPSA) is 74.7 Å². The number of fused-ring (bicyclic) bond motifs is 4. The Labute approximate surface area is 322 Å². The zero-order valence-corrected chi connectivity index (χ0v) is 31.1. The number of hydrogen-bond acceptors (Lipinski definition) is 6. The molecule has 2 atom stereocenters. The number of carbonyl (C=O) groups is 3. The summed E-state index contributed by atoms with van der Waals surface area (Å²) in [5.74, 6) is -1.48. The Morgan fingerprint density at radius 1 is 0.778 bits per heavy atom. The van der Waals surface area contributed by atoms with Gasteiger partial charge >= 0.3 is 5.97 Å². The molecule has 3 aliphatic rings. The minimum Gasteiger partial charge on any atom is -0.478 e. The molecule has 1 aromatic heterocycles. The van der Waals surface area contributed by atoms with Crippen molar-refractivity contribution < 1.29 is 19.5 Å². The molecule has 2 aliphatic carbocycles. The van der Waals surface area contributed by atoms with E-state index in [1.165, 1.54) is 58.3 Å². The third kappa shape index (κ3) is 5.94. The lowest BCUT2D eigenvalue weighted by Crippen LogP contribution is -2.26. The Hall–Kier alpha value is -5.76. The van der Waals surface area contributed by atoms with E-state index in [4.69, 9.17) is 0 Å². The van der Waals surface area contributed by atoms with Crippen LogP contribution in [0.4, 0.5) is 11.4 Å². The number of benzene rings is 5. The molecule has 264 valence electrons. The Balaban J connectivity index is 1.02. The molecule has 1 N–H and O–H groups in total. The van der Waals surface area contributed by atoms with Crippen LogP contribution in [0.5, 0.6) is 0 Å². The van der Waals surface area contributed by atoms with Crippen molar-refractivity contribution in [1.29, 1.82) is 0 Å². The van der Waals surface area contributed by atoms with Gasteiger partial charge in [-0.3, -0.25) is 9.59 Å². The number of thiophene rings is 1. The van der Waals surface area contributed by atoms with Gasteiger partial charge in [-0.2, -0.15) is 0 Å². The van der Waals surface area contributed by atoms with Gasteiger partial charge in [0.15, 0.2) is 11.6 Å². The van der Waals surface area contributed by atoms with Crippen molar-refractivity contribution in [1.82, 2.24) is 0 Å². The van der Waals surface area contributed by atoms with E-state index in [1.54, 1.807) is 29.2 Å². The number of carbonyl (C=O) groups excluding carboxylic acids is 2. The second kappa shape index (κ2) is 13.9. The Morgan fingerprint density at radius 2 is 1.48 bits per heavy atom. The van der Waals surface area contributed by atoms with Crippen molar-refractivity contribution in [2.24, 2.45) is 0 Å². The van der Waals surface area contributed by atoms with Crippen molar-refractivity contribution in [3.63, 3.8) is 0 Å². The summed E-state index contributed by atoms with van der Waals surface area (Å²) in [6, 6.07) is 43.5. The molecular weight excluding hydrogens is 707 g/mol. The van der Waals surface area contributed by atoms with Crippen LogP contribution in [0.15, 0.2) is 138 Å². The first-order valence-electron chi connectivity index (χ1n) is 18.1. The Morgan fingerprint density at radius 3 is 2.17 bits per heavy atom. The predicted molar refractivity (Wildman–Crippen MR) is 220 cm³/mol. The average molecular weight is 742 g/mol. The summed E-state index contributed by atoms with van der Waals surface area (Å²) in [7, 11) is 0. The van der Waals surface area contributed by atoms with Gasteiger partial charge in [-0.15, -0.1) is 23.1 Å². The van der Waals surface area contributed by atoms with Crippen molar-refractivity contribution in [3.8, 4) is 10.4 Å². The van der Waals surface area contributed by atoms with Crippen molar-refractivity contribution >= 4 is 69.7 Å². The zero-order chi connectivity index (χ0) is 36.9. The quantitative estimate of drug-likeness (QED) is 0.0724. The second-order valence-corrected chi connectivity index (χ2v) is 15.9. The minimum absolute atomic E-state index is 0.00975. The molecule has 7 heteroatoms. The SMILES string of the molecule is CSc1cc(-c2ccc3c(c2)C2CCCC2N3c2ccc(C=C(c3ccccc3)c3ccccc3)cc2)sc1/C=C1\C(=O)c2ccc(C(=O)O)cc2C1=O. The van der Waals surface area contributed by atoms with Crippen LogP contribution < -0.4 is 4.90 Å². The fourth-order valence-electron chi connectivity index (χ4n) is 8.32. The lowest BCUT2D eigenvalue weighted by atomic mass is 9.95. The van der Waals surface area contributed by atoms with Gasteiger partial charge in [0.1, 0.15) is 0 Å². The number of aromatic carboxylic acids is 1. The molecular formula is C47H35NO4S2. The van der Waals surface area contributed by atoms with Crippen LogP contribution in [-0.4, -0.2) is 34.9 Å². The number of anilines is 2. The molecule has 5 aromatic carbocycles. The first-order chi connectivity index (χ1) is 26.4. The van der Waals surface area contributed by atoms with Crippen LogP contribution >= 0.6 is 23.1 Å². The Kier molecular flexibility index (Phi) is 8.76. The molecule has 1 saturated carbocycles. The molecule has 0 bridgehead atoms. The third-order valence-corrected chi connectivity index (χ3v) is 12.9. The third-order valence-electron chi connectivity index (χ3n) is 10.9. The summed E-state index contributed by atoms with van der Waals surface area (Å²) in [5, 5.41) is 9.42. The smallest absolute Gasteiger partial charge is 0.335 e. The molecule has 5 nitrogen and oxygen atoms in total. The molecule has 0 radical (unpaired) electrons. The van der Waals surface area contributed by atoms with Gasteiger partial charge in [0.05, 0.1) is 11.1 Å². The van der Waals surface area contributed by atoms with Gasteiger partial charge in [0.2, 0.25) is 0 Å². The average Bonchev–Trinajstić information content (AvgIpc) is 3.98. The first kappa shape index (κ1) is 34.0. The number of Topliss-reactive ketones (excluding diaryl/α,β-unsaturated/α-hetero) is 2. The van der Waals surface area contributed by atoms with Crippen molar-refractivity contribution in [3.05, 3.63) is 177 Å². The molecule has 2 heterocycles. The summed E-state index contributed by atoms with van der Waals surface area (Å²) in [6.45, 7) is 0. The van der Waals surface area contributed by atoms with E-state index in [9.17, 15) is 19.5 Å². The summed E-state index contributed by atoms with van der Waals surface area (Å²) >= 11 is 3.15. The number of carboxylic acid groups (broad SMARTS) is 1. The molecule has 0 spiro atoms. The van der Waals surface area contributed by atoms with E-state index in [0.29, 0.717) is 12.0 Å². The zero-order valence-electron chi connectivity index (χ0n) is 29.5. The maximum Gasteiger partial charge on any atom is 0.335 e. The maximum atomic E-state index is 13.3. The van der Waals surface area contributed by atoms with Crippen LogP contribution in [0.1, 0.15) is 83.4 Å². The van der Waals surface area contributed by atoms with Gasteiger partial charge in [-0.1, -0.05) is 85.3 Å². The van der Waals surface area contributed by atoms with Crippen LogP contribution in [0, 0.1) is 0 Å². The highest BCUT2D eigenvalue weighted by Gasteiger charge is 2.42. The Bertz CT molecular complexity index is 2490. The van der Waals surface area contributed by atoms with E-state index < -0.39 is 11.8 Å². The van der Waals surface area contributed by atoms with Crippen molar-refractivity contribution in [2.45, 2.75) is 36.1 Å². The van der Waals surface area contributed by atoms with Gasteiger partial charge in [0.25, 0.3) is 0 Å². The number of ketones is 2. The number of rotatable bonds is 8. The summed E-state index contributed by atoms with van der Waals surface area (Å²) in [5.41, 5.74) is 10.2. The van der Waals surface area contributed by atoms with E-state index in [-0.39, 0.29) is 28.0 Å². The fraction of sp³-hybridized carbons (Fsp3) is 0.128. The molecule has 1 fully saturated rings. The lowest BCUT2D eigenvalue weighted by Gasteiger charge is -2.27. The van der Waals surface area contributed by atoms with Gasteiger partial charge in [0, 0.05) is 49.1 Å². The van der Waals surface area contributed by atoms with Crippen LogP contribution in [0.2, 0.25) is 0 Å². The standard InChI is InChI=1S/C47H35NO4S2/c1-53-43-27-42(54-44(43)26-39-45(49)35-21-17-32(47(51)52)25-38(35)46(39)50)31-18-22-41-37(24-31)34-13-8-14-40(34)48(41)33-19-15-28(16-20-33)23-36(29-9-4-2-5-10-29)30-11-6-3-7-12-30/h2-7,9-12,15-27,34,40H,8,13-14H2,1H3,(H,51,52)/b39-26+. The van der Waals surface area contributed by atoms with Crippen LogP contribution in [0.3, 0.4) is 0 Å². The number of nitrogens with zero attached hydrogens (tertiary/aromatic N) is 1. The molecule has 0 amide bonds. The normalized spacial score (nSPS) is 17.8. The van der Waals surface area contributed by atoms with Gasteiger partial charge in [-0.25, -0.2) is 4.79 Å². The first-order valence-corrected chi connectivity index (χ1v) is 20.1. The largest absolute Gasteiger partial charge is 0.478 e. The minimum atomic E-state index is -1.13. The van der Waals surface area contributed by atoms with E-state index in [1.807, 2.05) is 6.26 Å². The molecule has 1 aliphatic heterocycles. The van der Waals surface area contributed by atoms with Gasteiger partial charge in [-0.05, 0) is 113 Å². The second-order valence-electron chi connectivity index (χ2n) is 14.0. The van der Waals surface area contributed by atoms with E-state index in [2.05, 4.69) is 120 Å². The molecule has 6 aromatic rings. The number of hydrogen-bond donors (Lipinski definition) is 1. The number of allylic oxidation sites excluding steroid dienone is 1. The van der Waals surface area contributed by atoms with Crippen LogP contribution in [0.25, 0.3) is 28.2 Å². The number of carboxylic acids is 1. The van der Waals surface area contributed by atoms with Crippen LogP contribution in [-0.2, 0) is 0 Å². The van der Waals surface area contributed by atoms with Gasteiger partial charge < -0.3 is 10.0 Å². The lowest BCUT2D eigenvalue weighted by molar-refractivity contribution is 0.0696. The molecule has 54 heavy (non-hydrogen) atoms.